The Bertz CT molecular complexity index is 1510. The first-order valence-corrected chi connectivity index (χ1v) is 12.4. The molecule has 11 heteroatoms. The van der Waals surface area contributed by atoms with E-state index >= 15 is 0 Å². The van der Waals surface area contributed by atoms with Crippen LogP contribution in [0.4, 0.5) is 5.95 Å². The number of nitriles is 1. The van der Waals surface area contributed by atoms with Crippen molar-refractivity contribution in [2.24, 2.45) is 5.92 Å². The van der Waals surface area contributed by atoms with Crippen LogP contribution >= 0.6 is 0 Å². The van der Waals surface area contributed by atoms with E-state index in [1.165, 1.54) is 0 Å². The molecule has 1 saturated heterocycles. The fourth-order valence-electron chi connectivity index (χ4n) is 4.72. The van der Waals surface area contributed by atoms with Crippen LogP contribution in [0.15, 0.2) is 54.7 Å². The fourth-order valence-corrected chi connectivity index (χ4v) is 4.72. The molecule has 5 rings (SSSR count). The highest BCUT2D eigenvalue weighted by atomic mass is 16.4. The predicted octanol–water partition coefficient (Wildman–Crippen LogP) is 3.16. The summed E-state index contributed by atoms with van der Waals surface area (Å²) in [5, 5.41) is 27.2. The second kappa shape index (κ2) is 10.7. The minimum atomic E-state index is -0.737. The molecule has 1 unspecified atom stereocenters. The molecule has 0 aliphatic carbocycles. The molecule has 0 amide bonds. The summed E-state index contributed by atoms with van der Waals surface area (Å²) in [6.45, 7) is 3.85. The molecule has 4 heterocycles. The molecule has 2 atom stereocenters. The highest BCUT2D eigenvalue weighted by molar-refractivity contribution is 5.70. The molecule has 3 N–H and O–H groups in total. The van der Waals surface area contributed by atoms with Gasteiger partial charge in [-0.3, -0.25) is 14.7 Å². The summed E-state index contributed by atoms with van der Waals surface area (Å²) in [5.74, 6) is -0.978. The van der Waals surface area contributed by atoms with Gasteiger partial charge in [-0.15, -0.1) is 5.10 Å². The Morgan fingerprint density at radius 1 is 1.16 bits per heavy atom. The first-order valence-electron chi connectivity index (χ1n) is 12.4. The van der Waals surface area contributed by atoms with Crippen molar-refractivity contribution < 1.29 is 9.90 Å². The number of hydrogen-bond acceptors (Lipinski definition) is 9. The van der Waals surface area contributed by atoms with Gasteiger partial charge < -0.3 is 10.8 Å². The molecule has 4 aromatic rings. The van der Waals surface area contributed by atoms with Gasteiger partial charge in [-0.1, -0.05) is 23.4 Å². The highest BCUT2D eigenvalue weighted by Crippen LogP contribution is 2.27. The van der Waals surface area contributed by atoms with Crippen LogP contribution in [0.1, 0.15) is 42.8 Å². The van der Waals surface area contributed by atoms with Crippen LogP contribution in [0.25, 0.3) is 22.6 Å². The van der Waals surface area contributed by atoms with Crippen LogP contribution in [0.2, 0.25) is 0 Å². The lowest BCUT2D eigenvalue weighted by Gasteiger charge is -2.35. The average Bonchev–Trinajstić information content (AvgIpc) is 3.41. The number of nitrogen functional groups attached to an aromatic ring is 1. The number of benzene rings is 1. The van der Waals surface area contributed by atoms with E-state index in [0.29, 0.717) is 42.2 Å². The van der Waals surface area contributed by atoms with Crippen LogP contribution in [0.5, 0.6) is 0 Å². The van der Waals surface area contributed by atoms with Crippen LogP contribution in [-0.2, 0) is 11.3 Å². The number of likely N-dealkylation sites (tertiary alicyclic amines) is 1. The van der Waals surface area contributed by atoms with Crippen molar-refractivity contribution in [3.05, 3.63) is 71.7 Å². The first-order chi connectivity index (χ1) is 18.4. The number of aliphatic carboxylic acids is 1. The zero-order valence-electron chi connectivity index (χ0n) is 20.9. The Hall–Kier alpha value is -4.69. The summed E-state index contributed by atoms with van der Waals surface area (Å²) in [5.41, 5.74) is 10.6. The molecule has 1 aliphatic heterocycles. The third-order valence-electron chi connectivity index (χ3n) is 6.76. The molecule has 1 aliphatic rings. The van der Waals surface area contributed by atoms with Gasteiger partial charge in [-0.25, -0.2) is 14.6 Å². The number of pyridine rings is 1. The van der Waals surface area contributed by atoms with E-state index in [1.54, 1.807) is 35.1 Å². The molecule has 0 bridgehead atoms. The zero-order chi connectivity index (χ0) is 26.6. The molecule has 0 radical (unpaired) electrons. The van der Waals surface area contributed by atoms with E-state index in [9.17, 15) is 15.2 Å². The second-order valence-electron chi connectivity index (χ2n) is 9.39. The predicted molar refractivity (Wildman–Crippen MR) is 139 cm³/mol. The Balaban J connectivity index is 1.33. The van der Waals surface area contributed by atoms with Crippen molar-refractivity contribution in [2.45, 2.75) is 32.4 Å². The van der Waals surface area contributed by atoms with Gasteiger partial charge in [0, 0.05) is 18.2 Å². The van der Waals surface area contributed by atoms with Gasteiger partial charge in [-0.05, 0) is 56.6 Å². The number of carboxylic acid groups (broad SMARTS) is 1. The summed E-state index contributed by atoms with van der Waals surface area (Å²) in [4.78, 5) is 27.1. The maximum atomic E-state index is 11.5. The van der Waals surface area contributed by atoms with Gasteiger partial charge in [-0.2, -0.15) is 5.26 Å². The Labute approximate surface area is 219 Å². The van der Waals surface area contributed by atoms with Gasteiger partial charge in [0.2, 0.25) is 5.95 Å². The number of nitrogens with zero attached hydrogens (tertiary/aromatic N) is 8. The molecular weight excluding hydrogens is 482 g/mol. The molecule has 38 heavy (non-hydrogen) atoms. The smallest absolute Gasteiger partial charge is 0.307 e. The number of aromatic nitrogens is 6. The summed E-state index contributed by atoms with van der Waals surface area (Å²) >= 11 is 0. The minimum Gasteiger partial charge on any atom is -0.481 e. The normalized spacial score (nSPS) is 16.6. The maximum Gasteiger partial charge on any atom is 0.307 e. The Kier molecular flexibility index (Phi) is 7.06. The molecule has 0 saturated carbocycles. The van der Waals surface area contributed by atoms with Crippen LogP contribution in [0.3, 0.4) is 0 Å². The monoisotopic (exact) mass is 509 g/mol. The number of carbonyl (C=O) groups is 1. The Morgan fingerprint density at radius 2 is 1.97 bits per heavy atom. The lowest BCUT2D eigenvalue weighted by Crippen LogP contribution is -2.40. The maximum absolute atomic E-state index is 11.5. The summed E-state index contributed by atoms with van der Waals surface area (Å²) in [7, 11) is 0. The number of anilines is 1. The lowest BCUT2D eigenvalue weighted by atomic mass is 9.96. The number of carboxylic acids is 1. The molecular formula is C27H27N9O2. The summed E-state index contributed by atoms with van der Waals surface area (Å²) in [6.07, 6.45) is 3.35. The van der Waals surface area contributed by atoms with Crippen molar-refractivity contribution >= 4 is 11.9 Å². The van der Waals surface area contributed by atoms with E-state index in [-0.39, 0.29) is 17.9 Å². The first kappa shape index (κ1) is 25.0. The van der Waals surface area contributed by atoms with Crippen molar-refractivity contribution in [3.63, 3.8) is 0 Å². The van der Waals surface area contributed by atoms with Gasteiger partial charge in [0.1, 0.15) is 5.69 Å². The van der Waals surface area contributed by atoms with E-state index in [4.69, 9.17) is 10.7 Å². The van der Waals surface area contributed by atoms with Crippen molar-refractivity contribution in [1.82, 2.24) is 34.8 Å². The molecule has 11 nitrogen and oxygen atoms in total. The number of hydrogen-bond donors (Lipinski definition) is 2. The zero-order valence-corrected chi connectivity index (χ0v) is 20.9. The topological polar surface area (TPSA) is 160 Å². The van der Waals surface area contributed by atoms with Crippen molar-refractivity contribution in [3.8, 4) is 28.7 Å². The van der Waals surface area contributed by atoms with Crippen LogP contribution in [-0.4, -0.2) is 59.0 Å². The Morgan fingerprint density at radius 3 is 2.79 bits per heavy atom. The third kappa shape index (κ3) is 5.50. The molecule has 1 aromatic carbocycles. The fraction of sp³-hybridized carbons (Fsp3) is 0.296. The summed E-state index contributed by atoms with van der Waals surface area (Å²) in [6, 6.07) is 16.9. The standard InChI is InChI=1S/C27H27N9O2/c1-17(35-10-4-7-20(14-35)26(37)38)22-9-3-8-21(30-22)15-36-16-25(33-34-36)24-12-23(31-27(29)32-24)19-6-2-5-18(11-19)13-28/h2-3,5-6,8-9,11-12,16-17,20H,4,7,10,14-15H2,1H3,(H,37,38)(H2,29,31,32)/t17-,20?/m1/s1. The van der Waals surface area contributed by atoms with Crippen molar-refractivity contribution in [1.29, 1.82) is 5.26 Å². The summed E-state index contributed by atoms with van der Waals surface area (Å²) < 4.78 is 1.68. The van der Waals surface area contributed by atoms with Gasteiger partial charge in [0.15, 0.2) is 0 Å². The quantitative estimate of drug-likeness (QED) is 0.379. The van der Waals surface area contributed by atoms with E-state index in [2.05, 4.69) is 38.2 Å². The number of nitrogens with two attached hydrogens (primary N) is 1. The highest BCUT2D eigenvalue weighted by Gasteiger charge is 2.29. The SMILES string of the molecule is C[C@H](c1cccc(Cn2cc(-c3cc(-c4cccc(C#N)c4)nc(N)n3)nn2)n1)N1CCCC(C(=O)O)C1. The molecule has 192 valence electrons. The minimum absolute atomic E-state index is 0.00496. The molecule has 0 spiro atoms. The van der Waals surface area contributed by atoms with E-state index < -0.39 is 5.97 Å². The van der Waals surface area contributed by atoms with Gasteiger partial charge in [0.05, 0.1) is 53.1 Å². The van der Waals surface area contributed by atoms with Gasteiger partial charge in [0.25, 0.3) is 0 Å². The molecule has 1 fully saturated rings. The second-order valence-corrected chi connectivity index (χ2v) is 9.39. The molecule has 3 aromatic heterocycles. The van der Waals surface area contributed by atoms with Crippen molar-refractivity contribution in [2.75, 3.05) is 18.8 Å². The van der Waals surface area contributed by atoms with Crippen LogP contribution in [0, 0.1) is 17.2 Å². The third-order valence-corrected chi connectivity index (χ3v) is 6.76. The van der Waals surface area contributed by atoms with E-state index in [0.717, 1.165) is 29.9 Å². The van der Waals surface area contributed by atoms with E-state index in [1.807, 2.05) is 24.3 Å². The van der Waals surface area contributed by atoms with Gasteiger partial charge >= 0.3 is 5.97 Å². The lowest BCUT2D eigenvalue weighted by molar-refractivity contribution is -0.143. The number of piperidine rings is 1. The largest absolute Gasteiger partial charge is 0.481 e. The average molecular weight is 510 g/mol. The van der Waals surface area contributed by atoms with Crippen LogP contribution < -0.4 is 5.73 Å². The number of rotatable bonds is 7.